The van der Waals surface area contributed by atoms with Gasteiger partial charge in [0, 0.05) is 10.0 Å². The summed E-state index contributed by atoms with van der Waals surface area (Å²) in [7, 11) is 0. The maximum absolute atomic E-state index is 5.80. The Morgan fingerprint density at radius 1 is 1.21 bits per heavy atom. The molecule has 2 aromatic rings. The lowest BCUT2D eigenvalue weighted by Gasteiger charge is -2.02. The van der Waals surface area contributed by atoms with Gasteiger partial charge in [0.1, 0.15) is 5.75 Å². The highest BCUT2D eigenvalue weighted by molar-refractivity contribution is 7.07. The molecule has 0 bridgehead atoms. The van der Waals surface area contributed by atoms with Crippen LogP contribution in [-0.2, 0) is 0 Å². The fourth-order valence-electron chi connectivity index (χ4n) is 0.930. The summed E-state index contributed by atoms with van der Waals surface area (Å²) in [5.41, 5.74) is 2.68. The van der Waals surface area contributed by atoms with E-state index in [1.807, 2.05) is 0 Å². The van der Waals surface area contributed by atoms with Crippen LogP contribution in [0.2, 0.25) is 10.0 Å². The van der Waals surface area contributed by atoms with Crippen LogP contribution in [0.4, 0.5) is 0 Å². The molecule has 0 saturated heterocycles. The van der Waals surface area contributed by atoms with Crippen molar-refractivity contribution in [1.82, 2.24) is 4.98 Å². The molecule has 0 amide bonds. The van der Waals surface area contributed by atoms with Gasteiger partial charge in [0.25, 0.3) is 0 Å². The van der Waals surface area contributed by atoms with E-state index in [0.717, 1.165) is 0 Å². The van der Waals surface area contributed by atoms with Gasteiger partial charge in [-0.3, -0.25) is 0 Å². The minimum atomic E-state index is 0.494. The molecule has 0 aliphatic rings. The van der Waals surface area contributed by atoms with Crippen molar-refractivity contribution in [3.05, 3.63) is 39.1 Å². The molecule has 14 heavy (non-hydrogen) atoms. The molecule has 0 saturated carbocycles. The van der Waals surface area contributed by atoms with E-state index in [1.165, 1.54) is 11.3 Å². The largest absolute Gasteiger partial charge is 0.438 e. The van der Waals surface area contributed by atoms with E-state index in [4.69, 9.17) is 27.9 Å². The van der Waals surface area contributed by atoms with Crippen molar-refractivity contribution in [3.8, 4) is 11.6 Å². The highest BCUT2D eigenvalue weighted by Crippen LogP contribution is 2.27. The second kappa shape index (κ2) is 4.17. The fraction of sp³-hybridized carbons (Fsp3) is 0. The van der Waals surface area contributed by atoms with Crippen LogP contribution >= 0.6 is 34.5 Å². The summed E-state index contributed by atoms with van der Waals surface area (Å²) in [5.74, 6) is 1.06. The summed E-state index contributed by atoms with van der Waals surface area (Å²) in [6.45, 7) is 0. The van der Waals surface area contributed by atoms with Gasteiger partial charge in [0.2, 0.25) is 5.88 Å². The van der Waals surface area contributed by atoms with E-state index in [2.05, 4.69) is 10.5 Å². The lowest BCUT2D eigenvalue weighted by molar-refractivity contribution is 0.466. The van der Waals surface area contributed by atoms with Gasteiger partial charge in [-0.25, -0.2) is 0 Å². The molecule has 1 aromatic carbocycles. The molecule has 2 rings (SSSR count). The number of hydrogen-bond acceptors (Lipinski definition) is 3. The van der Waals surface area contributed by atoms with Crippen molar-refractivity contribution in [2.45, 2.75) is 0 Å². The lowest BCUT2D eigenvalue weighted by atomic mass is 10.3. The Balaban J connectivity index is 2.25. The third-order valence-corrected chi connectivity index (χ3v) is 2.38. The van der Waals surface area contributed by atoms with E-state index in [0.29, 0.717) is 21.7 Å². The van der Waals surface area contributed by atoms with Crippen molar-refractivity contribution in [2.75, 3.05) is 0 Å². The van der Waals surface area contributed by atoms with Gasteiger partial charge in [-0.05, 0) is 18.2 Å². The van der Waals surface area contributed by atoms with Crippen molar-refractivity contribution in [1.29, 1.82) is 0 Å². The van der Waals surface area contributed by atoms with Crippen LogP contribution in [0.15, 0.2) is 23.6 Å². The molecule has 0 spiro atoms. The molecular weight excluding hydrogens is 241 g/mol. The molecule has 0 aliphatic heterocycles. The number of ether oxygens (including phenoxy) is 1. The Kier molecular flexibility index (Phi) is 2.91. The lowest BCUT2D eigenvalue weighted by Crippen LogP contribution is -1.83. The molecule has 71 valence electrons. The van der Waals surface area contributed by atoms with Crippen LogP contribution in [-0.4, -0.2) is 4.98 Å². The summed E-state index contributed by atoms with van der Waals surface area (Å²) in [4.78, 5) is 3.86. The van der Waals surface area contributed by atoms with Crippen molar-refractivity contribution >= 4 is 34.5 Å². The second-order valence-corrected chi connectivity index (χ2v) is 4.01. The van der Waals surface area contributed by atoms with Crippen LogP contribution in [0.1, 0.15) is 0 Å². The number of benzene rings is 1. The molecule has 0 N–H and O–H groups in total. The Labute approximate surface area is 95.1 Å². The summed E-state index contributed by atoms with van der Waals surface area (Å²) < 4.78 is 5.38. The quantitative estimate of drug-likeness (QED) is 0.796. The third-order valence-electron chi connectivity index (χ3n) is 1.43. The summed E-state index contributed by atoms with van der Waals surface area (Å²) >= 11 is 12.9. The molecule has 0 unspecified atom stereocenters. The minimum Gasteiger partial charge on any atom is -0.438 e. The minimum absolute atomic E-state index is 0.494. The van der Waals surface area contributed by atoms with Gasteiger partial charge in [0.15, 0.2) is 5.51 Å². The number of aromatic nitrogens is 1. The highest BCUT2D eigenvalue weighted by atomic mass is 35.5. The number of thiazole rings is 1. The zero-order chi connectivity index (χ0) is 9.97. The molecule has 2 nitrogen and oxygen atoms in total. The van der Waals surface area contributed by atoms with Gasteiger partial charge >= 0.3 is 0 Å². The molecule has 1 heterocycles. The highest BCUT2D eigenvalue weighted by Gasteiger charge is 2.01. The fourth-order valence-corrected chi connectivity index (χ4v) is 1.83. The smallest absolute Gasteiger partial charge is 0.230 e. The average molecular weight is 245 g/mol. The zero-order valence-corrected chi connectivity index (χ0v) is 9.16. The van der Waals surface area contributed by atoms with Crippen LogP contribution in [0.25, 0.3) is 0 Å². The second-order valence-electron chi connectivity index (χ2n) is 2.48. The van der Waals surface area contributed by atoms with Gasteiger partial charge in [-0.1, -0.05) is 23.2 Å². The predicted octanol–water partition coefficient (Wildman–Crippen LogP) is 4.04. The van der Waals surface area contributed by atoms with E-state index >= 15 is 0 Å². The van der Waals surface area contributed by atoms with Crippen molar-refractivity contribution in [3.63, 3.8) is 0 Å². The van der Waals surface area contributed by atoms with E-state index in [-0.39, 0.29) is 0 Å². The third kappa shape index (κ3) is 2.38. The van der Waals surface area contributed by atoms with Crippen molar-refractivity contribution in [2.24, 2.45) is 0 Å². The van der Waals surface area contributed by atoms with Gasteiger partial charge < -0.3 is 4.74 Å². The predicted molar refractivity (Wildman–Crippen MR) is 57.5 cm³/mol. The summed E-state index contributed by atoms with van der Waals surface area (Å²) in [6, 6.07) is 4.99. The van der Waals surface area contributed by atoms with E-state index < -0.39 is 0 Å². The molecule has 5 heteroatoms. The number of halogens is 2. The van der Waals surface area contributed by atoms with E-state index in [9.17, 15) is 0 Å². The van der Waals surface area contributed by atoms with Crippen LogP contribution < -0.4 is 4.74 Å². The first-order valence-corrected chi connectivity index (χ1v) is 5.33. The Hall–Kier alpha value is -0.770. The summed E-state index contributed by atoms with van der Waals surface area (Å²) in [6.07, 6.45) is 0. The van der Waals surface area contributed by atoms with Gasteiger partial charge in [0.05, 0.1) is 5.38 Å². The molecular formula is C9H4Cl2NOS. The number of rotatable bonds is 2. The maximum Gasteiger partial charge on any atom is 0.230 e. The Morgan fingerprint density at radius 3 is 2.50 bits per heavy atom. The molecule has 0 fully saturated rings. The topological polar surface area (TPSA) is 22.1 Å². The number of nitrogens with zero attached hydrogens (tertiary/aromatic N) is 1. The van der Waals surface area contributed by atoms with Crippen LogP contribution in [0.3, 0.4) is 0 Å². The van der Waals surface area contributed by atoms with Crippen LogP contribution in [0.5, 0.6) is 11.6 Å². The van der Waals surface area contributed by atoms with Gasteiger partial charge in [-0.2, -0.15) is 4.98 Å². The summed E-state index contributed by atoms with van der Waals surface area (Å²) in [5, 5.41) is 2.81. The zero-order valence-electron chi connectivity index (χ0n) is 6.83. The van der Waals surface area contributed by atoms with Gasteiger partial charge in [-0.15, -0.1) is 11.3 Å². The molecule has 0 atom stereocenters. The molecule has 0 aliphatic carbocycles. The average Bonchev–Trinajstić information content (AvgIpc) is 2.54. The first kappa shape index (κ1) is 9.77. The van der Waals surface area contributed by atoms with E-state index in [1.54, 1.807) is 23.6 Å². The Bertz CT molecular complexity index is 410. The Morgan fingerprint density at radius 2 is 1.93 bits per heavy atom. The van der Waals surface area contributed by atoms with Crippen LogP contribution in [0, 0.1) is 5.51 Å². The first-order valence-electron chi connectivity index (χ1n) is 3.69. The first-order chi connectivity index (χ1) is 6.74. The SMILES string of the molecule is Clc1cc(Cl)cc(Oc2cs[c]n2)c1. The molecule has 1 aromatic heterocycles. The standard InChI is InChI=1S/C9H4Cl2NOS/c10-6-1-7(11)3-8(2-6)13-9-4-14-5-12-9/h1-4H. The number of hydrogen-bond donors (Lipinski definition) is 0. The molecule has 1 radical (unpaired) electrons. The van der Waals surface area contributed by atoms with Crippen molar-refractivity contribution < 1.29 is 4.74 Å². The normalized spacial score (nSPS) is 10.1. The maximum atomic E-state index is 5.80. The monoisotopic (exact) mass is 244 g/mol.